The van der Waals surface area contributed by atoms with E-state index in [9.17, 15) is 4.79 Å². The molecule has 2 fully saturated rings. The lowest BCUT2D eigenvalue weighted by Crippen LogP contribution is -2.48. The molecule has 1 N–H and O–H groups in total. The first-order chi connectivity index (χ1) is 13.6. The summed E-state index contributed by atoms with van der Waals surface area (Å²) in [4.78, 5) is 15.5. The van der Waals surface area contributed by atoms with E-state index in [0.717, 1.165) is 43.7 Å². The molecule has 0 aromatic heterocycles. The molecule has 5 heteroatoms. The van der Waals surface area contributed by atoms with Crippen molar-refractivity contribution < 1.29 is 14.3 Å². The van der Waals surface area contributed by atoms with Gasteiger partial charge in [0.25, 0.3) is 5.91 Å². The van der Waals surface area contributed by atoms with Gasteiger partial charge in [-0.1, -0.05) is 20.3 Å². The average Bonchev–Trinajstić information content (AvgIpc) is 3.21. The van der Waals surface area contributed by atoms with Crippen molar-refractivity contribution >= 4 is 11.6 Å². The standard InChI is InChI=1S/C23H36N2O3/c1-3-16-28-23(12-6-7-19(2)18-23)22(26)24-20-8-10-21(11-9-20)27-17-15-25-13-4-5-14-25/h8-11,19H,3-7,12-18H2,1-2H3,(H,24,26)/t19-,23+/m1/s1. The fourth-order valence-corrected chi connectivity index (χ4v) is 4.38. The number of rotatable bonds is 9. The highest BCUT2D eigenvalue weighted by molar-refractivity contribution is 5.97. The van der Waals surface area contributed by atoms with E-state index in [1.165, 1.54) is 32.4 Å². The minimum atomic E-state index is -0.682. The Labute approximate surface area is 169 Å². The molecule has 1 aliphatic heterocycles. The first-order valence-electron chi connectivity index (χ1n) is 11.0. The minimum absolute atomic E-state index is 0.00444. The normalized spacial score (nSPS) is 25.6. The summed E-state index contributed by atoms with van der Waals surface area (Å²) in [5.74, 6) is 1.36. The van der Waals surface area contributed by atoms with E-state index in [1.54, 1.807) is 0 Å². The van der Waals surface area contributed by atoms with E-state index >= 15 is 0 Å². The largest absolute Gasteiger partial charge is 0.492 e. The monoisotopic (exact) mass is 388 g/mol. The number of anilines is 1. The Morgan fingerprint density at radius 1 is 1.18 bits per heavy atom. The summed E-state index contributed by atoms with van der Waals surface area (Å²) >= 11 is 0. The number of nitrogens with zero attached hydrogens (tertiary/aromatic N) is 1. The van der Waals surface area contributed by atoms with Crippen LogP contribution in [0.1, 0.15) is 58.8 Å². The quantitative estimate of drug-likeness (QED) is 0.678. The van der Waals surface area contributed by atoms with Crippen LogP contribution in [0.25, 0.3) is 0 Å². The predicted octanol–water partition coefficient (Wildman–Crippen LogP) is 4.48. The molecular weight excluding hydrogens is 352 g/mol. The van der Waals surface area contributed by atoms with Crippen molar-refractivity contribution in [3.05, 3.63) is 24.3 Å². The van der Waals surface area contributed by atoms with E-state index in [4.69, 9.17) is 9.47 Å². The van der Waals surface area contributed by atoms with Gasteiger partial charge in [0.05, 0.1) is 0 Å². The van der Waals surface area contributed by atoms with Crippen molar-refractivity contribution in [2.45, 2.75) is 64.4 Å². The van der Waals surface area contributed by atoms with E-state index in [2.05, 4.69) is 24.1 Å². The van der Waals surface area contributed by atoms with Crippen LogP contribution in [0.3, 0.4) is 0 Å². The van der Waals surface area contributed by atoms with Crippen LogP contribution in [0.15, 0.2) is 24.3 Å². The number of carbonyl (C=O) groups excluding carboxylic acids is 1. The molecule has 0 radical (unpaired) electrons. The molecule has 0 spiro atoms. The number of carbonyl (C=O) groups is 1. The molecule has 1 saturated heterocycles. The van der Waals surface area contributed by atoms with Crippen molar-refractivity contribution in [1.29, 1.82) is 0 Å². The first kappa shape index (κ1) is 21.1. The maximum Gasteiger partial charge on any atom is 0.256 e. The third kappa shape index (κ3) is 5.71. The Morgan fingerprint density at radius 2 is 1.93 bits per heavy atom. The third-order valence-corrected chi connectivity index (χ3v) is 5.94. The van der Waals surface area contributed by atoms with Gasteiger partial charge in [-0.05, 0) is 81.8 Å². The van der Waals surface area contributed by atoms with Crippen LogP contribution in [0.4, 0.5) is 5.69 Å². The second-order valence-electron chi connectivity index (χ2n) is 8.42. The summed E-state index contributed by atoms with van der Waals surface area (Å²) in [6, 6.07) is 7.71. The van der Waals surface area contributed by atoms with Gasteiger partial charge in [-0.2, -0.15) is 0 Å². The van der Waals surface area contributed by atoms with Crippen LogP contribution >= 0.6 is 0 Å². The molecule has 1 aliphatic carbocycles. The van der Waals surface area contributed by atoms with Crippen molar-refractivity contribution in [2.24, 2.45) is 5.92 Å². The number of ether oxygens (including phenoxy) is 2. The van der Waals surface area contributed by atoms with Gasteiger partial charge >= 0.3 is 0 Å². The third-order valence-electron chi connectivity index (χ3n) is 5.94. The smallest absolute Gasteiger partial charge is 0.256 e. The molecule has 0 unspecified atom stereocenters. The van der Waals surface area contributed by atoms with Crippen LogP contribution in [0.2, 0.25) is 0 Å². The van der Waals surface area contributed by atoms with Gasteiger partial charge in [-0.3, -0.25) is 9.69 Å². The van der Waals surface area contributed by atoms with Gasteiger partial charge in [0.15, 0.2) is 0 Å². The van der Waals surface area contributed by atoms with Crippen LogP contribution in [-0.4, -0.2) is 49.3 Å². The lowest BCUT2D eigenvalue weighted by Gasteiger charge is -2.38. The van der Waals surface area contributed by atoms with Crippen LogP contribution in [0.5, 0.6) is 5.75 Å². The molecule has 2 atom stereocenters. The highest BCUT2D eigenvalue weighted by Gasteiger charge is 2.42. The van der Waals surface area contributed by atoms with Crippen molar-refractivity contribution in [1.82, 2.24) is 4.90 Å². The van der Waals surface area contributed by atoms with Gasteiger partial charge in [0.1, 0.15) is 18.0 Å². The maximum atomic E-state index is 13.1. The Balaban J connectivity index is 1.53. The number of nitrogens with one attached hydrogen (secondary N) is 1. The van der Waals surface area contributed by atoms with E-state index in [-0.39, 0.29) is 5.91 Å². The number of likely N-dealkylation sites (tertiary alicyclic amines) is 1. The maximum absolute atomic E-state index is 13.1. The zero-order valence-electron chi connectivity index (χ0n) is 17.5. The second-order valence-corrected chi connectivity index (χ2v) is 8.42. The summed E-state index contributed by atoms with van der Waals surface area (Å²) in [7, 11) is 0. The molecule has 1 amide bonds. The van der Waals surface area contributed by atoms with Crippen molar-refractivity contribution in [3.8, 4) is 5.75 Å². The molecule has 1 aromatic rings. The Hall–Kier alpha value is -1.59. The molecule has 2 aliphatic rings. The topological polar surface area (TPSA) is 50.8 Å². The molecule has 0 bridgehead atoms. The minimum Gasteiger partial charge on any atom is -0.492 e. The summed E-state index contributed by atoms with van der Waals surface area (Å²) < 4.78 is 12.0. The number of amides is 1. The SMILES string of the molecule is CCCO[C@@]1(C(=O)Nc2ccc(OCCN3CCCC3)cc2)CCC[C@@H](C)C1. The molecular formula is C23H36N2O3. The average molecular weight is 389 g/mol. The van der Waals surface area contributed by atoms with E-state index in [1.807, 2.05) is 24.3 Å². The fourth-order valence-electron chi connectivity index (χ4n) is 4.38. The van der Waals surface area contributed by atoms with E-state index < -0.39 is 5.60 Å². The second kappa shape index (κ2) is 10.3. The zero-order chi connectivity index (χ0) is 19.8. The first-order valence-corrected chi connectivity index (χ1v) is 11.0. The van der Waals surface area contributed by atoms with Gasteiger partial charge in [-0.25, -0.2) is 0 Å². The van der Waals surface area contributed by atoms with Gasteiger partial charge in [0.2, 0.25) is 0 Å². The predicted molar refractivity (Wildman–Crippen MR) is 113 cm³/mol. The molecule has 1 saturated carbocycles. The Kier molecular flexibility index (Phi) is 7.74. The van der Waals surface area contributed by atoms with Gasteiger partial charge in [-0.15, -0.1) is 0 Å². The molecule has 1 aromatic carbocycles. The summed E-state index contributed by atoms with van der Waals surface area (Å²) in [6.07, 6.45) is 7.35. The number of hydrogen-bond acceptors (Lipinski definition) is 4. The Bertz CT molecular complexity index is 613. The van der Waals surface area contributed by atoms with E-state index in [0.29, 0.717) is 19.1 Å². The summed E-state index contributed by atoms with van der Waals surface area (Å²) in [6.45, 7) is 8.99. The van der Waals surface area contributed by atoms with Crippen LogP contribution < -0.4 is 10.1 Å². The number of benzene rings is 1. The summed E-state index contributed by atoms with van der Waals surface area (Å²) in [5, 5.41) is 3.08. The highest BCUT2D eigenvalue weighted by atomic mass is 16.5. The molecule has 1 heterocycles. The van der Waals surface area contributed by atoms with Crippen LogP contribution in [0, 0.1) is 5.92 Å². The fraction of sp³-hybridized carbons (Fsp3) is 0.696. The summed E-state index contributed by atoms with van der Waals surface area (Å²) in [5.41, 5.74) is 0.119. The lowest BCUT2D eigenvalue weighted by molar-refractivity contribution is -0.148. The van der Waals surface area contributed by atoms with Crippen molar-refractivity contribution in [3.63, 3.8) is 0 Å². The van der Waals surface area contributed by atoms with Gasteiger partial charge < -0.3 is 14.8 Å². The molecule has 156 valence electrons. The van der Waals surface area contributed by atoms with Crippen molar-refractivity contribution in [2.75, 3.05) is 38.2 Å². The lowest BCUT2D eigenvalue weighted by atomic mass is 9.78. The van der Waals surface area contributed by atoms with Gasteiger partial charge in [0, 0.05) is 18.8 Å². The number of hydrogen-bond donors (Lipinski definition) is 1. The molecule has 5 nitrogen and oxygen atoms in total. The zero-order valence-corrected chi connectivity index (χ0v) is 17.5. The van der Waals surface area contributed by atoms with Crippen LogP contribution in [-0.2, 0) is 9.53 Å². The molecule has 28 heavy (non-hydrogen) atoms. The highest BCUT2D eigenvalue weighted by Crippen LogP contribution is 2.36. The molecule has 3 rings (SSSR count). The Morgan fingerprint density at radius 3 is 2.61 bits per heavy atom.